The fourth-order valence-electron chi connectivity index (χ4n) is 1.25. The Hall–Kier alpha value is -0.650. The lowest BCUT2D eigenvalue weighted by molar-refractivity contribution is -0.136. The van der Waals surface area contributed by atoms with Crippen LogP contribution in [0.5, 0.6) is 0 Å². The largest absolute Gasteiger partial charge is 0.377 e. The van der Waals surface area contributed by atoms with Crippen LogP contribution in [0.1, 0.15) is 20.8 Å². The summed E-state index contributed by atoms with van der Waals surface area (Å²) in [7, 11) is 1.63. The topological polar surface area (TPSA) is 59.6 Å². The zero-order chi connectivity index (χ0) is 12.2. The van der Waals surface area contributed by atoms with E-state index in [1.165, 1.54) is 0 Å². The number of carbonyl (C=O) groups is 1. The van der Waals surface area contributed by atoms with E-state index in [1.54, 1.807) is 7.11 Å². The van der Waals surface area contributed by atoms with Crippen molar-refractivity contribution in [1.82, 2.24) is 10.6 Å². The highest BCUT2D eigenvalue weighted by atomic mass is 16.5. The Bertz CT molecular complexity index is 232. The van der Waals surface area contributed by atoms with Crippen LogP contribution >= 0.6 is 0 Å². The van der Waals surface area contributed by atoms with Crippen LogP contribution in [0.4, 0.5) is 0 Å². The highest BCUT2D eigenvalue weighted by molar-refractivity contribution is 5.77. The molecule has 16 heavy (non-hydrogen) atoms. The standard InChI is InChI=1S/C11H22N2O3/c1-10(2,15-4)6-13-9(14)5-16-11(3)7-12-8-11/h12H,5-8H2,1-4H3,(H,13,14). The smallest absolute Gasteiger partial charge is 0.246 e. The quantitative estimate of drug-likeness (QED) is 0.669. The van der Waals surface area contributed by atoms with E-state index >= 15 is 0 Å². The Morgan fingerprint density at radius 1 is 1.50 bits per heavy atom. The summed E-state index contributed by atoms with van der Waals surface area (Å²) in [5.74, 6) is -0.0988. The minimum absolute atomic E-state index is 0.0988. The maximum absolute atomic E-state index is 11.5. The second kappa shape index (κ2) is 5.12. The Kier molecular flexibility index (Phi) is 4.29. The average Bonchev–Trinajstić information content (AvgIpc) is 2.21. The van der Waals surface area contributed by atoms with Crippen LogP contribution in [-0.4, -0.2) is 50.5 Å². The second-order valence-corrected chi connectivity index (χ2v) is 5.08. The third-order valence-corrected chi connectivity index (χ3v) is 2.81. The van der Waals surface area contributed by atoms with Crippen molar-refractivity contribution in [3.05, 3.63) is 0 Å². The van der Waals surface area contributed by atoms with Crippen molar-refractivity contribution in [2.45, 2.75) is 32.0 Å². The molecule has 1 rings (SSSR count). The molecule has 0 saturated carbocycles. The monoisotopic (exact) mass is 230 g/mol. The van der Waals surface area contributed by atoms with Gasteiger partial charge < -0.3 is 20.1 Å². The Morgan fingerprint density at radius 3 is 2.56 bits per heavy atom. The number of hydrogen-bond donors (Lipinski definition) is 2. The minimum atomic E-state index is -0.336. The molecule has 0 radical (unpaired) electrons. The molecular weight excluding hydrogens is 208 g/mol. The predicted octanol–water partition coefficient (Wildman–Crippen LogP) is -0.0939. The first-order chi connectivity index (χ1) is 7.37. The van der Waals surface area contributed by atoms with E-state index < -0.39 is 0 Å². The molecule has 0 atom stereocenters. The first-order valence-electron chi connectivity index (χ1n) is 5.53. The summed E-state index contributed by atoms with van der Waals surface area (Å²) in [6, 6.07) is 0. The van der Waals surface area contributed by atoms with E-state index in [2.05, 4.69) is 10.6 Å². The van der Waals surface area contributed by atoms with Crippen molar-refractivity contribution in [3.8, 4) is 0 Å². The molecule has 0 bridgehead atoms. The third-order valence-electron chi connectivity index (χ3n) is 2.81. The van der Waals surface area contributed by atoms with Gasteiger partial charge in [-0.15, -0.1) is 0 Å². The molecule has 94 valence electrons. The molecule has 0 aliphatic carbocycles. The van der Waals surface area contributed by atoms with Gasteiger partial charge in [0.2, 0.25) is 5.91 Å². The summed E-state index contributed by atoms with van der Waals surface area (Å²) in [4.78, 5) is 11.5. The molecule has 2 N–H and O–H groups in total. The van der Waals surface area contributed by atoms with E-state index in [4.69, 9.17) is 9.47 Å². The molecule has 1 heterocycles. The number of methoxy groups -OCH3 is 1. The fourth-order valence-corrected chi connectivity index (χ4v) is 1.25. The van der Waals surface area contributed by atoms with E-state index in [0.29, 0.717) is 6.54 Å². The van der Waals surface area contributed by atoms with Gasteiger partial charge in [-0.3, -0.25) is 4.79 Å². The summed E-state index contributed by atoms with van der Waals surface area (Å²) in [5.41, 5.74) is -0.508. The number of hydrogen-bond acceptors (Lipinski definition) is 4. The van der Waals surface area contributed by atoms with Gasteiger partial charge in [0.1, 0.15) is 6.61 Å². The Morgan fingerprint density at radius 2 is 2.12 bits per heavy atom. The molecule has 1 saturated heterocycles. The highest BCUT2D eigenvalue weighted by Gasteiger charge is 2.33. The van der Waals surface area contributed by atoms with Crippen molar-refractivity contribution in [2.75, 3.05) is 33.4 Å². The Balaban J connectivity index is 2.16. The summed E-state index contributed by atoms with van der Waals surface area (Å²) in [6.07, 6.45) is 0. The lowest BCUT2D eigenvalue weighted by Gasteiger charge is -2.38. The van der Waals surface area contributed by atoms with Gasteiger partial charge in [-0.05, 0) is 20.8 Å². The Labute approximate surface area is 96.9 Å². The van der Waals surface area contributed by atoms with Gasteiger partial charge in [0, 0.05) is 26.7 Å². The molecule has 5 nitrogen and oxygen atoms in total. The zero-order valence-corrected chi connectivity index (χ0v) is 10.6. The maximum atomic E-state index is 11.5. The van der Waals surface area contributed by atoms with E-state index in [9.17, 15) is 4.79 Å². The van der Waals surface area contributed by atoms with Crippen molar-refractivity contribution in [3.63, 3.8) is 0 Å². The summed E-state index contributed by atoms with van der Waals surface area (Å²) in [5, 5.41) is 5.90. The molecule has 0 aromatic heterocycles. The average molecular weight is 230 g/mol. The van der Waals surface area contributed by atoms with Gasteiger partial charge in [0.25, 0.3) is 0 Å². The molecule has 1 fully saturated rings. The van der Waals surface area contributed by atoms with Crippen LogP contribution in [-0.2, 0) is 14.3 Å². The maximum Gasteiger partial charge on any atom is 0.246 e. The first-order valence-corrected chi connectivity index (χ1v) is 5.53. The molecular formula is C11H22N2O3. The van der Waals surface area contributed by atoms with Crippen molar-refractivity contribution >= 4 is 5.91 Å². The second-order valence-electron chi connectivity index (χ2n) is 5.08. The number of amides is 1. The van der Waals surface area contributed by atoms with Gasteiger partial charge in [-0.1, -0.05) is 0 Å². The number of ether oxygens (including phenoxy) is 2. The summed E-state index contributed by atoms with van der Waals surface area (Å²) < 4.78 is 10.7. The van der Waals surface area contributed by atoms with Crippen molar-refractivity contribution in [2.24, 2.45) is 0 Å². The van der Waals surface area contributed by atoms with Gasteiger partial charge in [0.05, 0.1) is 11.2 Å². The normalized spacial score (nSPS) is 19.0. The van der Waals surface area contributed by atoms with Gasteiger partial charge in [0.15, 0.2) is 0 Å². The van der Waals surface area contributed by atoms with E-state index in [0.717, 1.165) is 13.1 Å². The highest BCUT2D eigenvalue weighted by Crippen LogP contribution is 2.14. The number of rotatable bonds is 6. The third kappa shape index (κ3) is 4.08. The SMILES string of the molecule is COC(C)(C)CNC(=O)COC1(C)CNC1. The van der Waals surface area contributed by atoms with Crippen LogP contribution in [0.25, 0.3) is 0 Å². The lowest BCUT2D eigenvalue weighted by Crippen LogP contribution is -2.59. The van der Waals surface area contributed by atoms with Crippen LogP contribution in [0.2, 0.25) is 0 Å². The molecule has 1 amide bonds. The fraction of sp³-hybridized carbons (Fsp3) is 0.909. The molecule has 1 aliphatic rings. The van der Waals surface area contributed by atoms with E-state index in [-0.39, 0.29) is 23.7 Å². The van der Waals surface area contributed by atoms with Crippen LogP contribution in [0.3, 0.4) is 0 Å². The van der Waals surface area contributed by atoms with Crippen LogP contribution in [0.15, 0.2) is 0 Å². The molecule has 0 unspecified atom stereocenters. The summed E-state index contributed by atoms with van der Waals surface area (Å²) in [6.45, 7) is 8.05. The van der Waals surface area contributed by atoms with Crippen molar-refractivity contribution in [1.29, 1.82) is 0 Å². The van der Waals surface area contributed by atoms with Crippen LogP contribution in [0, 0.1) is 0 Å². The molecule has 0 spiro atoms. The number of carbonyl (C=O) groups excluding carboxylic acids is 1. The summed E-state index contributed by atoms with van der Waals surface area (Å²) >= 11 is 0. The van der Waals surface area contributed by atoms with Crippen LogP contribution < -0.4 is 10.6 Å². The first kappa shape index (κ1) is 13.4. The molecule has 0 aromatic carbocycles. The minimum Gasteiger partial charge on any atom is -0.377 e. The van der Waals surface area contributed by atoms with Gasteiger partial charge in [-0.2, -0.15) is 0 Å². The van der Waals surface area contributed by atoms with Gasteiger partial charge in [-0.25, -0.2) is 0 Å². The molecule has 1 aliphatic heterocycles. The predicted molar refractivity (Wildman–Crippen MR) is 61.3 cm³/mol. The number of nitrogens with one attached hydrogen (secondary N) is 2. The van der Waals surface area contributed by atoms with Gasteiger partial charge >= 0.3 is 0 Å². The van der Waals surface area contributed by atoms with Crippen molar-refractivity contribution < 1.29 is 14.3 Å². The lowest BCUT2D eigenvalue weighted by atomic mass is 10.0. The molecule has 0 aromatic rings. The van der Waals surface area contributed by atoms with E-state index in [1.807, 2.05) is 20.8 Å². The zero-order valence-electron chi connectivity index (χ0n) is 10.6. The molecule has 5 heteroatoms.